The maximum Gasteiger partial charge on any atom is 0.0518 e. The molecule has 0 unspecified atom stereocenters. The van der Waals surface area contributed by atoms with Gasteiger partial charge in [-0.05, 0) is 33.1 Å². The number of ether oxygens (including phenoxy) is 1. The van der Waals surface area contributed by atoms with E-state index in [-0.39, 0.29) is 5.54 Å². The van der Waals surface area contributed by atoms with Gasteiger partial charge in [0.2, 0.25) is 0 Å². The zero-order valence-electron chi connectivity index (χ0n) is 10.4. The largest absolute Gasteiger partial charge is 0.379 e. The lowest BCUT2D eigenvalue weighted by molar-refractivity contribution is 0.0610. The SMILES string of the molecule is CC(C)OCCC1(N)CCCCCCC1. The van der Waals surface area contributed by atoms with Crippen LogP contribution in [0.5, 0.6) is 0 Å². The Morgan fingerprint density at radius 3 is 2.13 bits per heavy atom. The molecule has 1 aliphatic carbocycles. The van der Waals surface area contributed by atoms with Gasteiger partial charge in [-0.1, -0.05) is 32.1 Å². The van der Waals surface area contributed by atoms with Crippen LogP contribution in [0.2, 0.25) is 0 Å². The molecule has 0 saturated heterocycles. The molecule has 0 bridgehead atoms. The predicted octanol–water partition coefficient (Wildman–Crippen LogP) is 3.24. The third-order valence-electron chi connectivity index (χ3n) is 3.40. The fraction of sp³-hybridized carbons (Fsp3) is 1.00. The van der Waals surface area contributed by atoms with Gasteiger partial charge in [0, 0.05) is 12.1 Å². The summed E-state index contributed by atoms with van der Waals surface area (Å²) in [6.07, 6.45) is 10.5. The van der Waals surface area contributed by atoms with Crippen molar-refractivity contribution in [2.75, 3.05) is 6.61 Å². The summed E-state index contributed by atoms with van der Waals surface area (Å²) in [4.78, 5) is 0. The summed E-state index contributed by atoms with van der Waals surface area (Å²) >= 11 is 0. The summed E-state index contributed by atoms with van der Waals surface area (Å²) in [5.74, 6) is 0. The van der Waals surface area contributed by atoms with Gasteiger partial charge in [-0.25, -0.2) is 0 Å². The minimum Gasteiger partial charge on any atom is -0.379 e. The normalized spacial score (nSPS) is 22.4. The van der Waals surface area contributed by atoms with Crippen molar-refractivity contribution in [3.8, 4) is 0 Å². The number of rotatable bonds is 4. The van der Waals surface area contributed by atoms with Crippen LogP contribution < -0.4 is 5.73 Å². The average molecular weight is 213 g/mol. The molecule has 1 rings (SSSR count). The molecule has 2 nitrogen and oxygen atoms in total. The van der Waals surface area contributed by atoms with Crippen molar-refractivity contribution < 1.29 is 4.74 Å². The molecule has 1 aliphatic rings. The van der Waals surface area contributed by atoms with Crippen LogP contribution in [0.25, 0.3) is 0 Å². The number of hydrogen-bond acceptors (Lipinski definition) is 2. The van der Waals surface area contributed by atoms with E-state index in [9.17, 15) is 0 Å². The van der Waals surface area contributed by atoms with Crippen LogP contribution in [0.15, 0.2) is 0 Å². The van der Waals surface area contributed by atoms with Gasteiger partial charge in [-0.15, -0.1) is 0 Å². The molecule has 15 heavy (non-hydrogen) atoms. The number of hydrogen-bond donors (Lipinski definition) is 1. The quantitative estimate of drug-likeness (QED) is 0.778. The molecule has 90 valence electrons. The van der Waals surface area contributed by atoms with Crippen LogP contribution in [0, 0.1) is 0 Å². The molecule has 0 heterocycles. The Bertz CT molecular complexity index is 160. The average Bonchev–Trinajstić information content (AvgIpc) is 2.12. The Kier molecular flexibility index (Phi) is 5.62. The summed E-state index contributed by atoms with van der Waals surface area (Å²) in [5.41, 5.74) is 6.50. The van der Waals surface area contributed by atoms with E-state index in [1.165, 1.54) is 44.9 Å². The predicted molar refractivity (Wildman–Crippen MR) is 64.9 cm³/mol. The van der Waals surface area contributed by atoms with Gasteiger partial charge < -0.3 is 10.5 Å². The monoisotopic (exact) mass is 213 g/mol. The fourth-order valence-corrected chi connectivity index (χ4v) is 2.36. The third kappa shape index (κ3) is 5.53. The van der Waals surface area contributed by atoms with E-state index < -0.39 is 0 Å². The van der Waals surface area contributed by atoms with Gasteiger partial charge in [0.25, 0.3) is 0 Å². The molecule has 0 atom stereocenters. The zero-order valence-corrected chi connectivity index (χ0v) is 10.4. The first-order valence-corrected chi connectivity index (χ1v) is 6.53. The molecule has 1 fully saturated rings. The third-order valence-corrected chi connectivity index (χ3v) is 3.40. The highest BCUT2D eigenvalue weighted by Gasteiger charge is 2.24. The Morgan fingerprint density at radius 1 is 1.07 bits per heavy atom. The molecule has 2 N–H and O–H groups in total. The van der Waals surface area contributed by atoms with Crippen molar-refractivity contribution in [2.24, 2.45) is 5.73 Å². The lowest BCUT2D eigenvalue weighted by Gasteiger charge is -2.31. The standard InChI is InChI=1S/C13H27NO/c1-12(2)15-11-10-13(14)8-6-4-3-5-7-9-13/h12H,3-11,14H2,1-2H3. The minimum atomic E-state index is 0.0648. The summed E-state index contributed by atoms with van der Waals surface area (Å²) in [7, 11) is 0. The van der Waals surface area contributed by atoms with Crippen molar-refractivity contribution in [3.63, 3.8) is 0 Å². The highest BCUT2D eigenvalue weighted by Crippen LogP contribution is 2.26. The van der Waals surface area contributed by atoms with Gasteiger partial charge in [0.15, 0.2) is 0 Å². The van der Waals surface area contributed by atoms with Crippen molar-refractivity contribution >= 4 is 0 Å². The Balaban J connectivity index is 2.27. The van der Waals surface area contributed by atoms with Gasteiger partial charge >= 0.3 is 0 Å². The fourth-order valence-electron chi connectivity index (χ4n) is 2.36. The van der Waals surface area contributed by atoms with Crippen molar-refractivity contribution in [3.05, 3.63) is 0 Å². The van der Waals surface area contributed by atoms with E-state index in [2.05, 4.69) is 13.8 Å². The Hall–Kier alpha value is -0.0800. The van der Waals surface area contributed by atoms with Gasteiger partial charge in [-0.2, -0.15) is 0 Å². The molecule has 2 heteroatoms. The van der Waals surface area contributed by atoms with Crippen LogP contribution in [-0.4, -0.2) is 18.2 Å². The smallest absolute Gasteiger partial charge is 0.0518 e. The Labute approximate surface area is 94.6 Å². The van der Waals surface area contributed by atoms with Crippen molar-refractivity contribution in [1.29, 1.82) is 0 Å². The minimum absolute atomic E-state index is 0.0648. The first-order valence-electron chi connectivity index (χ1n) is 6.53. The van der Waals surface area contributed by atoms with E-state index in [1.54, 1.807) is 0 Å². The molecule has 0 aromatic heterocycles. The highest BCUT2D eigenvalue weighted by molar-refractivity contribution is 4.85. The molecule has 0 spiro atoms. The van der Waals surface area contributed by atoms with E-state index in [4.69, 9.17) is 10.5 Å². The first kappa shape index (κ1) is 13.0. The van der Waals surface area contributed by atoms with Crippen LogP contribution in [0.4, 0.5) is 0 Å². The lowest BCUT2D eigenvalue weighted by Crippen LogP contribution is -2.41. The zero-order chi connectivity index (χ0) is 11.1. The van der Waals surface area contributed by atoms with Crippen LogP contribution in [-0.2, 0) is 4.74 Å². The van der Waals surface area contributed by atoms with Crippen LogP contribution >= 0.6 is 0 Å². The second-order valence-corrected chi connectivity index (χ2v) is 5.30. The maximum atomic E-state index is 6.43. The van der Waals surface area contributed by atoms with Crippen molar-refractivity contribution in [1.82, 2.24) is 0 Å². The summed E-state index contributed by atoms with van der Waals surface area (Å²) in [6, 6.07) is 0. The molecule has 0 radical (unpaired) electrons. The van der Waals surface area contributed by atoms with E-state index >= 15 is 0 Å². The first-order chi connectivity index (χ1) is 7.12. The molecule has 1 saturated carbocycles. The van der Waals surface area contributed by atoms with E-state index in [0.29, 0.717) is 6.10 Å². The second-order valence-electron chi connectivity index (χ2n) is 5.30. The Morgan fingerprint density at radius 2 is 1.60 bits per heavy atom. The van der Waals surface area contributed by atoms with Gasteiger partial charge in [-0.3, -0.25) is 0 Å². The molecular weight excluding hydrogens is 186 g/mol. The van der Waals surface area contributed by atoms with Gasteiger partial charge in [0.1, 0.15) is 0 Å². The van der Waals surface area contributed by atoms with Crippen molar-refractivity contribution in [2.45, 2.75) is 76.9 Å². The molecule has 0 aromatic carbocycles. The topological polar surface area (TPSA) is 35.2 Å². The summed E-state index contributed by atoms with van der Waals surface area (Å²) in [6.45, 7) is 5.00. The van der Waals surface area contributed by atoms with Gasteiger partial charge in [0.05, 0.1) is 6.10 Å². The number of nitrogens with two attached hydrogens (primary N) is 1. The molecule has 0 aliphatic heterocycles. The van der Waals surface area contributed by atoms with E-state index in [0.717, 1.165) is 13.0 Å². The molecular formula is C13H27NO. The lowest BCUT2D eigenvalue weighted by atomic mass is 9.82. The van der Waals surface area contributed by atoms with Crippen LogP contribution in [0.1, 0.15) is 65.2 Å². The summed E-state index contributed by atoms with van der Waals surface area (Å²) in [5, 5.41) is 0. The molecule has 0 aromatic rings. The summed E-state index contributed by atoms with van der Waals surface area (Å²) < 4.78 is 5.60. The van der Waals surface area contributed by atoms with Crippen LogP contribution in [0.3, 0.4) is 0 Å². The second kappa shape index (κ2) is 6.49. The maximum absolute atomic E-state index is 6.43. The molecule has 0 amide bonds. The highest BCUT2D eigenvalue weighted by atomic mass is 16.5. The van der Waals surface area contributed by atoms with E-state index in [1.807, 2.05) is 0 Å².